The number of amides is 1. The molecule has 0 saturated heterocycles. The van der Waals surface area contributed by atoms with Gasteiger partial charge in [-0.05, 0) is 27.7 Å². The summed E-state index contributed by atoms with van der Waals surface area (Å²) in [5, 5.41) is 2.73. The van der Waals surface area contributed by atoms with Gasteiger partial charge in [0.15, 0.2) is 0 Å². The summed E-state index contributed by atoms with van der Waals surface area (Å²) in [6, 6.07) is -0.338. The first-order chi connectivity index (χ1) is 8.37. The van der Waals surface area contributed by atoms with Crippen LogP contribution >= 0.6 is 0 Å². The van der Waals surface area contributed by atoms with Gasteiger partial charge in [0.05, 0.1) is 0 Å². The van der Waals surface area contributed by atoms with E-state index >= 15 is 0 Å². The summed E-state index contributed by atoms with van der Waals surface area (Å²) in [5.74, 6) is 0.742. The van der Waals surface area contributed by atoms with Gasteiger partial charge in [-0.3, -0.25) is 0 Å². The molecule has 0 fully saturated rings. The number of carbonyl (C=O) groups is 1. The van der Waals surface area contributed by atoms with E-state index in [-0.39, 0.29) is 12.6 Å². The van der Waals surface area contributed by atoms with Crippen LogP contribution < -0.4 is 11.1 Å². The SMILES string of the molecule is CCn1ccnc1C(CN)NC(=O)OC(C)(C)C. The Hall–Kier alpha value is -1.56. The Kier molecular flexibility index (Phi) is 4.72. The van der Waals surface area contributed by atoms with Gasteiger partial charge in [-0.2, -0.15) is 0 Å². The molecule has 0 aromatic carbocycles. The van der Waals surface area contributed by atoms with Crippen LogP contribution in [0.4, 0.5) is 4.79 Å². The van der Waals surface area contributed by atoms with Crippen molar-refractivity contribution in [2.24, 2.45) is 5.73 Å². The van der Waals surface area contributed by atoms with Crippen molar-refractivity contribution >= 4 is 6.09 Å². The van der Waals surface area contributed by atoms with Crippen molar-refractivity contribution in [1.29, 1.82) is 0 Å². The van der Waals surface area contributed by atoms with Gasteiger partial charge >= 0.3 is 6.09 Å². The second kappa shape index (κ2) is 5.86. The second-order valence-corrected chi connectivity index (χ2v) is 5.01. The number of imidazole rings is 1. The Morgan fingerprint density at radius 3 is 2.78 bits per heavy atom. The minimum absolute atomic E-state index is 0.274. The van der Waals surface area contributed by atoms with E-state index in [0.29, 0.717) is 0 Å². The molecular weight excluding hydrogens is 232 g/mol. The Labute approximate surface area is 108 Å². The van der Waals surface area contributed by atoms with Gasteiger partial charge in [0, 0.05) is 25.5 Å². The molecule has 6 nitrogen and oxygen atoms in total. The highest BCUT2D eigenvalue weighted by molar-refractivity contribution is 5.68. The van der Waals surface area contributed by atoms with Crippen molar-refractivity contribution in [2.75, 3.05) is 6.54 Å². The fraction of sp³-hybridized carbons (Fsp3) is 0.667. The van der Waals surface area contributed by atoms with Gasteiger partial charge in [0.1, 0.15) is 17.5 Å². The summed E-state index contributed by atoms with van der Waals surface area (Å²) in [4.78, 5) is 15.9. The van der Waals surface area contributed by atoms with Crippen molar-refractivity contribution < 1.29 is 9.53 Å². The summed E-state index contributed by atoms with van der Waals surface area (Å²) in [7, 11) is 0. The van der Waals surface area contributed by atoms with Crippen molar-refractivity contribution in [2.45, 2.75) is 45.9 Å². The van der Waals surface area contributed by atoms with E-state index in [2.05, 4.69) is 10.3 Å². The van der Waals surface area contributed by atoms with Crippen LogP contribution in [0.5, 0.6) is 0 Å². The van der Waals surface area contributed by atoms with Gasteiger partial charge in [0.2, 0.25) is 0 Å². The molecule has 1 aromatic heterocycles. The van der Waals surface area contributed by atoms with Crippen molar-refractivity contribution in [3.05, 3.63) is 18.2 Å². The Balaban J connectivity index is 2.71. The quantitative estimate of drug-likeness (QED) is 0.851. The van der Waals surface area contributed by atoms with E-state index in [1.54, 1.807) is 6.20 Å². The molecule has 1 atom stereocenters. The van der Waals surface area contributed by atoms with Crippen LogP contribution in [0, 0.1) is 0 Å². The van der Waals surface area contributed by atoms with Crippen LogP contribution in [0.1, 0.15) is 39.6 Å². The van der Waals surface area contributed by atoms with Gasteiger partial charge in [-0.25, -0.2) is 9.78 Å². The topological polar surface area (TPSA) is 82.2 Å². The Bertz CT molecular complexity index is 395. The lowest BCUT2D eigenvalue weighted by Gasteiger charge is -2.23. The minimum Gasteiger partial charge on any atom is -0.444 e. The number of nitrogens with zero attached hydrogens (tertiary/aromatic N) is 2. The summed E-state index contributed by atoms with van der Waals surface area (Å²) >= 11 is 0. The van der Waals surface area contributed by atoms with Gasteiger partial charge in [-0.15, -0.1) is 0 Å². The molecule has 0 aliphatic carbocycles. The van der Waals surface area contributed by atoms with Crippen molar-refractivity contribution in [3.63, 3.8) is 0 Å². The zero-order valence-corrected chi connectivity index (χ0v) is 11.4. The molecule has 1 amide bonds. The number of nitrogens with one attached hydrogen (secondary N) is 1. The van der Waals surface area contributed by atoms with E-state index in [9.17, 15) is 4.79 Å². The number of hydrogen-bond acceptors (Lipinski definition) is 4. The van der Waals surface area contributed by atoms with E-state index in [4.69, 9.17) is 10.5 Å². The molecule has 0 bridgehead atoms. The maximum absolute atomic E-state index is 11.7. The average molecular weight is 254 g/mol. The lowest BCUT2D eigenvalue weighted by molar-refractivity contribution is 0.0502. The molecule has 0 radical (unpaired) electrons. The molecule has 0 saturated carbocycles. The molecule has 6 heteroatoms. The molecule has 0 aliphatic rings. The number of rotatable bonds is 4. The fourth-order valence-corrected chi connectivity index (χ4v) is 1.58. The molecule has 1 rings (SSSR count). The van der Waals surface area contributed by atoms with E-state index < -0.39 is 11.7 Å². The molecule has 1 aromatic rings. The van der Waals surface area contributed by atoms with E-state index in [1.165, 1.54) is 0 Å². The molecule has 102 valence electrons. The van der Waals surface area contributed by atoms with Crippen LogP contribution in [0.3, 0.4) is 0 Å². The maximum atomic E-state index is 11.7. The standard InChI is InChI=1S/C12H22N4O2/c1-5-16-7-6-14-10(16)9(8-13)15-11(17)18-12(2,3)4/h6-7,9H,5,8,13H2,1-4H3,(H,15,17). The Morgan fingerprint density at radius 2 is 2.28 bits per heavy atom. The number of hydrogen-bond donors (Lipinski definition) is 2. The number of carbonyl (C=O) groups excluding carboxylic acids is 1. The zero-order valence-electron chi connectivity index (χ0n) is 11.4. The zero-order chi connectivity index (χ0) is 13.8. The van der Waals surface area contributed by atoms with Crippen LogP contribution in [0.15, 0.2) is 12.4 Å². The first kappa shape index (κ1) is 14.5. The molecule has 0 spiro atoms. The number of aryl methyl sites for hydroxylation is 1. The molecule has 1 heterocycles. The number of ether oxygens (including phenoxy) is 1. The van der Waals surface area contributed by atoms with Crippen LogP contribution in [-0.4, -0.2) is 27.8 Å². The van der Waals surface area contributed by atoms with Crippen molar-refractivity contribution in [1.82, 2.24) is 14.9 Å². The molecule has 0 aliphatic heterocycles. The molecular formula is C12H22N4O2. The molecule has 1 unspecified atom stereocenters. The highest BCUT2D eigenvalue weighted by Gasteiger charge is 2.21. The fourth-order valence-electron chi connectivity index (χ4n) is 1.58. The molecule has 3 N–H and O–H groups in total. The smallest absolute Gasteiger partial charge is 0.408 e. The second-order valence-electron chi connectivity index (χ2n) is 5.01. The lowest BCUT2D eigenvalue weighted by Crippen LogP contribution is -2.38. The first-order valence-corrected chi connectivity index (χ1v) is 6.08. The maximum Gasteiger partial charge on any atom is 0.408 e. The van der Waals surface area contributed by atoms with Crippen LogP contribution in [0.25, 0.3) is 0 Å². The highest BCUT2D eigenvalue weighted by Crippen LogP contribution is 2.12. The third-order valence-corrected chi connectivity index (χ3v) is 2.33. The van der Waals surface area contributed by atoms with Crippen molar-refractivity contribution in [3.8, 4) is 0 Å². The number of aromatic nitrogens is 2. The van der Waals surface area contributed by atoms with Gasteiger partial charge in [-0.1, -0.05) is 0 Å². The third kappa shape index (κ3) is 4.03. The Morgan fingerprint density at radius 1 is 1.61 bits per heavy atom. The normalized spacial score (nSPS) is 13.2. The highest BCUT2D eigenvalue weighted by atomic mass is 16.6. The summed E-state index contributed by atoms with van der Waals surface area (Å²) in [5.41, 5.74) is 5.15. The minimum atomic E-state index is -0.524. The van der Waals surface area contributed by atoms with Crippen LogP contribution in [-0.2, 0) is 11.3 Å². The third-order valence-electron chi connectivity index (χ3n) is 2.33. The van der Waals surface area contributed by atoms with Gasteiger partial charge < -0.3 is 20.4 Å². The summed E-state index contributed by atoms with van der Waals surface area (Å²) in [6.45, 7) is 8.51. The summed E-state index contributed by atoms with van der Waals surface area (Å²) < 4.78 is 7.14. The largest absolute Gasteiger partial charge is 0.444 e. The number of nitrogens with two attached hydrogens (primary N) is 1. The van der Waals surface area contributed by atoms with E-state index in [0.717, 1.165) is 12.4 Å². The average Bonchev–Trinajstić information content (AvgIpc) is 2.71. The van der Waals surface area contributed by atoms with Crippen LogP contribution in [0.2, 0.25) is 0 Å². The number of alkyl carbamates (subject to hydrolysis) is 1. The van der Waals surface area contributed by atoms with E-state index in [1.807, 2.05) is 38.5 Å². The first-order valence-electron chi connectivity index (χ1n) is 6.08. The predicted molar refractivity (Wildman–Crippen MR) is 69.1 cm³/mol. The van der Waals surface area contributed by atoms with Gasteiger partial charge in [0.25, 0.3) is 0 Å². The molecule has 18 heavy (non-hydrogen) atoms. The predicted octanol–water partition coefficient (Wildman–Crippen LogP) is 1.43. The summed E-state index contributed by atoms with van der Waals surface area (Å²) in [6.07, 6.45) is 3.07. The monoisotopic (exact) mass is 254 g/mol. The lowest BCUT2D eigenvalue weighted by atomic mass is 10.2.